The van der Waals surface area contributed by atoms with E-state index in [0.717, 1.165) is 55.2 Å². The molecule has 1 aliphatic heterocycles. The van der Waals surface area contributed by atoms with Crippen LogP contribution in [0, 0.1) is 11.3 Å². The molecule has 0 atom stereocenters. The minimum atomic E-state index is 0.184. The van der Waals surface area contributed by atoms with Crippen LogP contribution in [0.3, 0.4) is 0 Å². The maximum atomic E-state index is 14.3. The summed E-state index contributed by atoms with van der Waals surface area (Å²) in [5.41, 5.74) is 6.31. The lowest BCUT2D eigenvalue weighted by Crippen LogP contribution is -2.51. The van der Waals surface area contributed by atoms with Crippen LogP contribution in [-0.4, -0.2) is 52.4 Å². The molecule has 228 valence electrons. The fourth-order valence-electron chi connectivity index (χ4n) is 8.55. The van der Waals surface area contributed by atoms with Crippen molar-refractivity contribution < 1.29 is 9.32 Å². The molecule has 6 fully saturated rings. The summed E-state index contributed by atoms with van der Waals surface area (Å²) in [5.74, 6) is 2.83. The van der Waals surface area contributed by atoms with Gasteiger partial charge in [0.15, 0.2) is 5.76 Å². The average Bonchev–Trinajstić information content (AvgIpc) is 3.98. The number of anilines is 1. The molecule has 5 saturated carbocycles. The number of fused-ring (bicyclic) bond motifs is 3. The molecule has 0 spiro atoms. The Labute approximate surface area is 256 Å². The van der Waals surface area contributed by atoms with Crippen LogP contribution in [0.2, 0.25) is 0 Å². The molecular formula is C36H47N5O2. The zero-order valence-corrected chi connectivity index (χ0v) is 26.1. The molecule has 5 aliphatic carbocycles. The van der Waals surface area contributed by atoms with E-state index >= 15 is 0 Å². The molecule has 6 aliphatic rings. The van der Waals surface area contributed by atoms with Crippen molar-refractivity contribution in [2.24, 2.45) is 18.4 Å². The normalized spacial score (nSPS) is 28.0. The molecule has 1 saturated heterocycles. The molecule has 43 heavy (non-hydrogen) atoms. The van der Waals surface area contributed by atoms with E-state index < -0.39 is 0 Å². The zero-order valence-electron chi connectivity index (χ0n) is 26.1. The Morgan fingerprint density at radius 2 is 1.60 bits per heavy atom. The van der Waals surface area contributed by atoms with E-state index in [9.17, 15) is 4.79 Å². The highest BCUT2D eigenvalue weighted by atomic mass is 16.5. The van der Waals surface area contributed by atoms with Gasteiger partial charge < -0.3 is 14.3 Å². The highest BCUT2D eigenvalue weighted by Gasteiger charge is 2.52. The number of benzene rings is 1. The van der Waals surface area contributed by atoms with Gasteiger partial charge in [-0.1, -0.05) is 17.3 Å². The predicted octanol–water partition coefficient (Wildman–Crippen LogP) is 7.19. The second-order valence-corrected chi connectivity index (χ2v) is 15.0. The Morgan fingerprint density at radius 3 is 2.30 bits per heavy atom. The maximum Gasteiger partial charge on any atom is 0.227 e. The highest BCUT2D eigenvalue weighted by molar-refractivity contribution is 5.94. The van der Waals surface area contributed by atoms with Crippen molar-refractivity contribution in [3.05, 3.63) is 53.5 Å². The van der Waals surface area contributed by atoms with Crippen LogP contribution in [-0.2, 0) is 17.3 Å². The second kappa shape index (κ2) is 10.6. The fourth-order valence-corrected chi connectivity index (χ4v) is 8.55. The number of amides is 1. The molecule has 7 heteroatoms. The summed E-state index contributed by atoms with van der Waals surface area (Å²) in [6.07, 6.45) is 15.0. The summed E-state index contributed by atoms with van der Waals surface area (Å²) in [4.78, 5) is 18.8. The largest absolute Gasteiger partial charge is 0.356 e. The van der Waals surface area contributed by atoms with Crippen LogP contribution in [0.4, 0.5) is 5.69 Å². The topological polar surface area (TPSA) is 67.4 Å². The van der Waals surface area contributed by atoms with E-state index in [4.69, 9.17) is 9.62 Å². The first kappa shape index (κ1) is 27.6. The Hall–Kier alpha value is -2.93. The van der Waals surface area contributed by atoms with E-state index in [0.29, 0.717) is 30.1 Å². The van der Waals surface area contributed by atoms with Crippen LogP contribution in [0.5, 0.6) is 0 Å². The van der Waals surface area contributed by atoms with Crippen LogP contribution in [0.15, 0.2) is 40.9 Å². The molecule has 1 amide bonds. The SMILES string of the molecule is CN1CCC(CC(=O)N(CC23CCC(c4cc(C5CC5)nn4C)(CC2)CC3)c2cccc(-c3cc(C4CC4)no3)c2)CC1. The number of carbonyl (C=O) groups excluding carboxylic acids is 1. The summed E-state index contributed by atoms with van der Waals surface area (Å²) in [7, 11) is 4.35. The van der Waals surface area contributed by atoms with Gasteiger partial charge in [-0.2, -0.15) is 5.10 Å². The van der Waals surface area contributed by atoms with Gasteiger partial charge in [0, 0.05) is 60.3 Å². The Morgan fingerprint density at radius 1 is 0.907 bits per heavy atom. The van der Waals surface area contributed by atoms with E-state index in [-0.39, 0.29) is 10.8 Å². The molecular weight excluding hydrogens is 534 g/mol. The lowest BCUT2D eigenvalue weighted by Gasteiger charge is -2.54. The Bertz CT molecular complexity index is 1460. The number of piperidine rings is 1. The first-order valence-corrected chi connectivity index (χ1v) is 17.0. The quantitative estimate of drug-likeness (QED) is 0.268. The summed E-state index contributed by atoms with van der Waals surface area (Å²) in [6.45, 7) is 3.00. The number of hydrogen-bond acceptors (Lipinski definition) is 5. The van der Waals surface area contributed by atoms with Crippen molar-refractivity contribution in [2.75, 3.05) is 31.6 Å². The van der Waals surface area contributed by atoms with E-state index in [1.807, 2.05) is 0 Å². The van der Waals surface area contributed by atoms with E-state index in [1.54, 1.807) is 0 Å². The number of aromatic nitrogens is 3. The highest BCUT2D eigenvalue weighted by Crippen LogP contribution is 2.58. The summed E-state index contributed by atoms with van der Waals surface area (Å²) in [6, 6.07) is 13.0. The van der Waals surface area contributed by atoms with Gasteiger partial charge in [0.25, 0.3) is 0 Å². The van der Waals surface area contributed by atoms with Crippen LogP contribution >= 0.6 is 0 Å². The third kappa shape index (κ3) is 5.36. The molecule has 0 unspecified atom stereocenters. The number of rotatable bonds is 9. The van der Waals surface area contributed by atoms with Gasteiger partial charge in [-0.15, -0.1) is 0 Å². The standard InChI is InChI=1S/C36H47N5O2/c1-39-18-10-25(11-19-39)20-34(42)41(29-5-3-4-28(21-29)32-22-31(38-43-32)27-8-9-27)24-35-12-15-36(16-13-35,17-14-35)33-23-30(26-6-7-26)37-40(33)2/h3-5,21-23,25-27H,6-20,24H2,1-2H3. The number of nitrogens with zero attached hydrogens (tertiary/aromatic N) is 5. The summed E-state index contributed by atoms with van der Waals surface area (Å²) in [5, 5.41) is 9.30. The van der Waals surface area contributed by atoms with Gasteiger partial charge in [-0.25, -0.2) is 0 Å². The average molecular weight is 582 g/mol. The van der Waals surface area contributed by atoms with Crippen molar-refractivity contribution in [1.29, 1.82) is 0 Å². The van der Waals surface area contributed by atoms with Crippen LogP contribution < -0.4 is 4.90 Å². The van der Waals surface area contributed by atoms with Gasteiger partial charge in [-0.3, -0.25) is 9.48 Å². The van der Waals surface area contributed by atoms with Crippen LogP contribution in [0.1, 0.15) is 112 Å². The van der Waals surface area contributed by atoms with Crippen molar-refractivity contribution in [1.82, 2.24) is 19.8 Å². The van der Waals surface area contributed by atoms with Gasteiger partial charge in [0.05, 0.1) is 11.4 Å². The minimum Gasteiger partial charge on any atom is -0.356 e. The van der Waals surface area contributed by atoms with E-state index in [2.05, 4.69) is 70.1 Å². The molecule has 3 heterocycles. The van der Waals surface area contributed by atoms with Crippen molar-refractivity contribution in [2.45, 2.75) is 101 Å². The first-order chi connectivity index (χ1) is 20.9. The molecule has 0 N–H and O–H groups in total. The smallest absolute Gasteiger partial charge is 0.227 e. The monoisotopic (exact) mass is 581 g/mol. The van der Waals surface area contributed by atoms with Gasteiger partial charge >= 0.3 is 0 Å². The third-order valence-electron chi connectivity index (χ3n) is 11.9. The second-order valence-electron chi connectivity index (χ2n) is 15.0. The molecule has 1 aromatic carbocycles. The predicted molar refractivity (Wildman–Crippen MR) is 168 cm³/mol. The molecule has 7 nitrogen and oxygen atoms in total. The molecule has 0 radical (unpaired) electrons. The fraction of sp³-hybridized carbons (Fsp3) is 0.639. The summed E-state index contributed by atoms with van der Waals surface area (Å²) < 4.78 is 8.00. The first-order valence-electron chi connectivity index (χ1n) is 17.0. The maximum absolute atomic E-state index is 14.3. The Kier molecular flexibility index (Phi) is 6.81. The lowest BCUT2D eigenvalue weighted by molar-refractivity contribution is -0.120. The van der Waals surface area contributed by atoms with Crippen molar-refractivity contribution >= 4 is 11.6 Å². The Balaban J connectivity index is 1.04. The summed E-state index contributed by atoms with van der Waals surface area (Å²) >= 11 is 0. The lowest BCUT2D eigenvalue weighted by atomic mass is 9.52. The minimum absolute atomic E-state index is 0.184. The van der Waals surface area contributed by atoms with Crippen LogP contribution in [0.25, 0.3) is 11.3 Å². The van der Waals surface area contributed by atoms with Gasteiger partial charge in [-0.05, 0) is 127 Å². The molecule has 9 rings (SSSR count). The zero-order chi connectivity index (χ0) is 29.2. The molecule has 2 aromatic heterocycles. The van der Waals surface area contributed by atoms with Crippen molar-refractivity contribution in [3.63, 3.8) is 0 Å². The number of carbonyl (C=O) groups is 1. The number of aryl methyl sites for hydroxylation is 1. The number of likely N-dealkylation sites (tertiary alicyclic amines) is 1. The van der Waals surface area contributed by atoms with Gasteiger partial charge in [0.2, 0.25) is 5.91 Å². The number of hydrogen-bond donors (Lipinski definition) is 0. The molecule has 2 bridgehead atoms. The molecule has 3 aromatic rings. The van der Waals surface area contributed by atoms with Crippen molar-refractivity contribution in [3.8, 4) is 11.3 Å². The van der Waals surface area contributed by atoms with E-state index in [1.165, 1.54) is 75.6 Å². The third-order valence-corrected chi connectivity index (χ3v) is 11.9. The van der Waals surface area contributed by atoms with Gasteiger partial charge in [0.1, 0.15) is 0 Å².